The molecule has 0 aromatic heterocycles. The fourth-order valence-electron chi connectivity index (χ4n) is 2.07. The predicted molar refractivity (Wildman–Crippen MR) is 80.2 cm³/mol. The van der Waals surface area contributed by atoms with E-state index in [1.165, 1.54) is 12.1 Å². The number of rotatable bonds is 2. The number of hydrogen-bond donors (Lipinski definition) is 2. The van der Waals surface area contributed by atoms with Crippen molar-refractivity contribution in [2.45, 2.75) is 19.8 Å². The predicted octanol–water partition coefficient (Wildman–Crippen LogP) is 3.34. The van der Waals surface area contributed by atoms with Crippen molar-refractivity contribution >= 4 is 39.9 Å². The molecule has 0 atom stereocenters. The van der Waals surface area contributed by atoms with Gasteiger partial charge in [0.1, 0.15) is 5.82 Å². The van der Waals surface area contributed by atoms with Crippen molar-refractivity contribution in [3.05, 3.63) is 28.5 Å². The van der Waals surface area contributed by atoms with Crippen molar-refractivity contribution in [2.24, 2.45) is 5.41 Å². The minimum absolute atomic E-state index is 0. The third kappa shape index (κ3) is 3.91. The molecule has 1 aliphatic rings. The maximum atomic E-state index is 13.0. The molecule has 2 rings (SSSR count). The Morgan fingerprint density at radius 2 is 2.05 bits per heavy atom. The molecule has 2 N–H and O–H groups in total. The fourth-order valence-corrected chi connectivity index (χ4v) is 2.52. The zero-order valence-electron chi connectivity index (χ0n) is 10.6. The van der Waals surface area contributed by atoms with Gasteiger partial charge < -0.3 is 10.6 Å². The molecule has 6 heteroatoms. The zero-order valence-corrected chi connectivity index (χ0v) is 13.0. The van der Waals surface area contributed by atoms with Crippen LogP contribution in [0, 0.1) is 11.2 Å². The van der Waals surface area contributed by atoms with E-state index in [1.54, 1.807) is 6.07 Å². The van der Waals surface area contributed by atoms with E-state index in [0.29, 0.717) is 10.2 Å². The normalized spacial score (nSPS) is 17.4. The van der Waals surface area contributed by atoms with Gasteiger partial charge in [-0.05, 0) is 60.1 Å². The van der Waals surface area contributed by atoms with Crippen LogP contribution in [0.4, 0.5) is 10.1 Å². The summed E-state index contributed by atoms with van der Waals surface area (Å²) in [6.45, 7) is 3.68. The van der Waals surface area contributed by atoms with E-state index < -0.39 is 0 Å². The number of halogens is 3. The highest BCUT2D eigenvalue weighted by atomic mass is 79.9. The second-order valence-electron chi connectivity index (χ2n) is 4.89. The minimum Gasteiger partial charge on any atom is -0.325 e. The van der Waals surface area contributed by atoms with Gasteiger partial charge in [0, 0.05) is 9.89 Å². The Bertz CT molecular complexity index is 464. The van der Waals surface area contributed by atoms with E-state index in [9.17, 15) is 9.18 Å². The summed E-state index contributed by atoms with van der Waals surface area (Å²) in [6, 6.07) is 4.26. The summed E-state index contributed by atoms with van der Waals surface area (Å²) in [5.74, 6) is -0.329. The Balaban J connectivity index is 0.00000180. The van der Waals surface area contributed by atoms with Crippen LogP contribution in [0.1, 0.15) is 19.8 Å². The van der Waals surface area contributed by atoms with Crippen molar-refractivity contribution in [3.8, 4) is 0 Å². The van der Waals surface area contributed by atoms with Crippen molar-refractivity contribution in [1.82, 2.24) is 5.32 Å². The van der Waals surface area contributed by atoms with Gasteiger partial charge in [0.05, 0.1) is 5.69 Å². The molecule has 0 saturated carbocycles. The molecule has 1 aliphatic heterocycles. The molecule has 0 spiro atoms. The monoisotopic (exact) mass is 350 g/mol. The first-order chi connectivity index (χ1) is 8.51. The molecular formula is C13H17BrClFN2O. The van der Waals surface area contributed by atoms with E-state index in [4.69, 9.17) is 0 Å². The lowest BCUT2D eigenvalue weighted by Gasteiger charge is -2.32. The van der Waals surface area contributed by atoms with Gasteiger partial charge in [-0.25, -0.2) is 4.39 Å². The average molecular weight is 352 g/mol. The Morgan fingerprint density at radius 1 is 1.42 bits per heavy atom. The number of benzene rings is 1. The van der Waals surface area contributed by atoms with E-state index >= 15 is 0 Å². The zero-order chi connectivity index (χ0) is 13.2. The van der Waals surface area contributed by atoms with Crippen LogP contribution in [0.15, 0.2) is 22.7 Å². The summed E-state index contributed by atoms with van der Waals surface area (Å²) in [5, 5.41) is 6.11. The van der Waals surface area contributed by atoms with Crippen molar-refractivity contribution in [1.29, 1.82) is 0 Å². The van der Waals surface area contributed by atoms with Crippen LogP contribution in [-0.4, -0.2) is 19.0 Å². The highest BCUT2D eigenvalue weighted by Gasteiger charge is 2.34. The highest BCUT2D eigenvalue weighted by molar-refractivity contribution is 9.10. The average Bonchev–Trinajstić information content (AvgIpc) is 2.33. The van der Waals surface area contributed by atoms with Gasteiger partial charge in [-0.1, -0.05) is 6.92 Å². The first-order valence-electron chi connectivity index (χ1n) is 5.98. The maximum Gasteiger partial charge on any atom is 0.230 e. The van der Waals surface area contributed by atoms with Gasteiger partial charge in [-0.3, -0.25) is 4.79 Å². The Labute approximate surface area is 126 Å². The van der Waals surface area contributed by atoms with Crippen molar-refractivity contribution in [3.63, 3.8) is 0 Å². The SMILES string of the molecule is CC1(C(=O)Nc2ccc(F)cc2Br)CCNCC1.Cl. The number of nitrogens with one attached hydrogen (secondary N) is 2. The molecule has 0 unspecified atom stereocenters. The van der Waals surface area contributed by atoms with Crippen molar-refractivity contribution in [2.75, 3.05) is 18.4 Å². The fraction of sp³-hybridized carbons (Fsp3) is 0.462. The molecule has 1 aromatic rings. The molecule has 1 fully saturated rings. The number of piperidine rings is 1. The third-order valence-electron chi connectivity index (χ3n) is 3.43. The lowest BCUT2D eigenvalue weighted by atomic mass is 9.80. The summed E-state index contributed by atoms with van der Waals surface area (Å²) in [5.41, 5.74) is 0.264. The maximum absolute atomic E-state index is 13.0. The lowest BCUT2D eigenvalue weighted by molar-refractivity contribution is -0.126. The Hall–Kier alpha value is -0.650. The molecule has 1 amide bonds. The van der Waals surface area contributed by atoms with Crippen LogP contribution in [-0.2, 0) is 4.79 Å². The second-order valence-corrected chi connectivity index (χ2v) is 5.74. The number of hydrogen-bond acceptors (Lipinski definition) is 2. The second kappa shape index (κ2) is 6.68. The van der Waals surface area contributed by atoms with Crippen LogP contribution in [0.3, 0.4) is 0 Å². The molecular weight excluding hydrogens is 335 g/mol. The molecule has 1 aromatic carbocycles. The molecule has 19 heavy (non-hydrogen) atoms. The van der Waals surface area contributed by atoms with Crippen LogP contribution in [0.25, 0.3) is 0 Å². The van der Waals surface area contributed by atoms with Crippen LogP contribution in [0.2, 0.25) is 0 Å². The molecule has 3 nitrogen and oxygen atoms in total. The molecule has 0 bridgehead atoms. The summed E-state index contributed by atoms with van der Waals surface area (Å²) in [4.78, 5) is 12.3. The third-order valence-corrected chi connectivity index (χ3v) is 4.09. The topological polar surface area (TPSA) is 41.1 Å². The van der Waals surface area contributed by atoms with Gasteiger partial charge in [-0.2, -0.15) is 0 Å². The molecule has 1 saturated heterocycles. The van der Waals surface area contributed by atoms with Gasteiger partial charge in [0.15, 0.2) is 0 Å². The van der Waals surface area contributed by atoms with Crippen LogP contribution >= 0.6 is 28.3 Å². The Kier molecular flexibility index (Phi) is 5.77. The van der Waals surface area contributed by atoms with Crippen LogP contribution in [0.5, 0.6) is 0 Å². The van der Waals surface area contributed by atoms with Gasteiger partial charge in [-0.15, -0.1) is 12.4 Å². The molecule has 0 radical (unpaired) electrons. The van der Waals surface area contributed by atoms with Gasteiger partial charge in [0.2, 0.25) is 5.91 Å². The highest BCUT2D eigenvalue weighted by Crippen LogP contribution is 2.31. The number of carbonyl (C=O) groups is 1. The summed E-state index contributed by atoms with van der Waals surface area (Å²) in [7, 11) is 0. The number of carbonyl (C=O) groups excluding carboxylic acids is 1. The quantitative estimate of drug-likeness (QED) is 0.858. The first kappa shape index (κ1) is 16.4. The van der Waals surface area contributed by atoms with E-state index in [-0.39, 0.29) is 29.5 Å². The van der Waals surface area contributed by atoms with E-state index in [1.807, 2.05) is 6.92 Å². The molecule has 1 heterocycles. The number of amides is 1. The summed E-state index contributed by atoms with van der Waals surface area (Å²) in [6.07, 6.45) is 1.63. The van der Waals surface area contributed by atoms with E-state index in [0.717, 1.165) is 25.9 Å². The van der Waals surface area contributed by atoms with Gasteiger partial charge >= 0.3 is 0 Å². The summed E-state index contributed by atoms with van der Waals surface area (Å²) >= 11 is 3.25. The smallest absolute Gasteiger partial charge is 0.230 e. The lowest BCUT2D eigenvalue weighted by Crippen LogP contribution is -2.42. The summed E-state index contributed by atoms with van der Waals surface area (Å²) < 4.78 is 13.5. The van der Waals surface area contributed by atoms with Crippen LogP contribution < -0.4 is 10.6 Å². The molecule has 0 aliphatic carbocycles. The first-order valence-corrected chi connectivity index (χ1v) is 6.78. The number of anilines is 1. The molecule has 106 valence electrons. The standard InChI is InChI=1S/C13H16BrFN2O.ClH/c1-13(4-6-16-7-5-13)12(18)17-11-3-2-9(15)8-10(11)14;/h2-3,8,16H,4-7H2,1H3,(H,17,18);1H. The van der Waals surface area contributed by atoms with Gasteiger partial charge in [0.25, 0.3) is 0 Å². The Morgan fingerprint density at radius 3 is 2.63 bits per heavy atom. The minimum atomic E-state index is -0.348. The van der Waals surface area contributed by atoms with Crippen molar-refractivity contribution < 1.29 is 9.18 Å². The largest absolute Gasteiger partial charge is 0.325 e. The van der Waals surface area contributed by atoms with E-state index in [2.05, 4.69) is 26.6 Å².